The Labute approximate surface area is 232 Å². The third-order valence-corrected chi connectivity index (χ3v) is 5.88. The molecule has 40 heavy (non-hydrogen) atoms. The van der Waals surface area contributed by atoms with E-state index < -0.39 is 23.9 Å². The first-order valence-electron chi connectivity index (χ1n) is 13.0. The van der Waals surface area contributed by atoms with Crippen molar-refractivity contribution in [2.75, 3.05) is 38.2 Å². The quantitative estimate of drug-likeness (QED) is 0.226. The zero-order valence-corrected chi connectivity index (χ0v) is 22.4. The Morgan fingerprint density at radius 1 is 0.925 bits per heavy atom. The summed E-state index contributed by atoms with van der Waals surface area (Å²) in [4.78, 5) is 25.8. The first-order valence-corrected chi connectivity index (χ1v) is 13.0. The molecule has 1 unspecified atom stereocenters. The van der Waals surface area contributed by atoms with E-state index in [0.29, 0.717) is 44.2 Å². The van der Waals surface area contributed by atoms with Gasteiger partial charge in [0.05, 0.1) is 13.2 Å². The van der Waals surface area contributed by atoms with Gasteiger partial charge in [-0.25, -0.2) is 18.4 Å². The van der Waals surface area contributed by atoms with Crippen LogP contribution in [0, 0.1) is 11.6 Å². The number of rotatable bonds is 16. The molecule has 0 radical (unpaired) electrons. The molecule has 0 aliphatic carbocycles. The number of carboxylic acid groups (broad SMARTS) is 1. The van der Waals surface area contributed by atoms with Gasteiger partial charge in [0.25, 0.3) is 0 Å². The van der Waals surface area contributed by atoms with Crippen LogP contribution in [0.2, 0.25) is 0 Å². The van der Waals surface area contributed by atoms with E-state index in [1.807, 2.05) is 0 Å². The molecule has 2 N–H and O–H groups in total. The van der Waals surface area contributed by atoms with Crippen molar-refractivity contribution in [3.8, 4) is 5.75 Å². The highest BCUT2D eigenvalue weighted by Crippen LogP contribution is 2.15. The lowest BCUT2D eigenvalue weighted by Crippen LogP contribution is -2.39. The van der Waals surface area contributed by atoms with E-state index in [1.54, 1.807) is 54.3 Å². The Kier molecular flexibility index (Phi) is 12.3. The van der Waals surface area contributed by atoms with Crippen LogP contribution in [0.15, 0.2) is 72.8 Å². The molecule has 214 valence electrons. The average molecular weight is 557 g/mol. The van der Waals surface area contributed by atoms with Crippen molar-refractivity contribution in [1.82, 2.24) is 4.90 Å². The molecule has 0 saturated heterocycles. The smallest absolute Gasteiger partial charge is 0.333 e. The highest BCUT2D eigenvalue weighted by molar-refractivity contribution is 5.89. The van der Waals surface area contributed by atoms with Crippen LogP contribution in [0.3, 0.4) is 0 Å². The lowest BCUT2D eigenvalue weighted by atomic mass is 10.1. The number of hydrogen-bond acceptors (Lipinski definition) is 5. The minimum absolute atomic E-state index is 0.197. The van der Waals surface area contributed by atoms with E-state index in [2.05, 4.69) is 5.32 Å². The van der Waals surface area contributed by atoms with Gasteiger partial charge in [-0.05, 0) is 66.9 Å². The molecule has 3 aromatic rings. The molecule has 0 aromatic heterocycles. The number of carbonyl (C=O) groups is 2. The molecular weight excluding hydrogens is 522 g/mol. The largest absolute Gasteiger partial charge is 0.492 e. The number of urea groups is 1. The monoisotopic (exact) mass is 556 g/mol. The van der Waals surface area contributed by atoms with Gasteiger partial charge < -0.3 is 29.5 Å². The molecule has 3 rings (SSSR count). The topological polar surface area (TPSA) is 97.3 Å². The van der Waals surface area contributed by atoms with Gasteiger partial charge in [0, 0.05) is 31.9 Å². The van der Waals surface area contributed by atoms with Gasteiger partial charge in [-0.3, -0.25) is 0 Å². The zero-order valence-electron chi connectivity index (χ0n) is 22.4. The van der Waals surface area contributed by atoms with E-state index in [9.17, 15) is 23.5 Å². The summed E-state index contributed by atoms with van der Waals surface area (Å²) in [7, 11) is 0. The van der Waals surface area contributed by atoms with Crippen molar-refractivity contribution in [2.45, 2.75) is 32.5 Å². The summed E-state index contributed by atoms with van der Waals surface area (Å²) < 4.78 is 43.4. The fraction of sp³-hybridized carbons (Fsp3) is 0.333. The van der Waals surface area contributed by atoms with Crippen LogP contribution in [0.25, 0.3) is 0 Å². The zero-order chi connectivity index (χ0) is 28.7. The Morgan fingerprint density at radius 3 is 2.33 bits per heavy atom. The van der Waals surface area contributed by atoms with Crippen LogP contribution in [0.1, 0.15) is 24.5 Å². The minimum atomic E-state index is -1.01. The predicted octanol–water partition coefficient (Wildman–Crippen LogP) is 5.52. The summed E-state index contributed by atoms with van der Waals surface area (Å²) in [6, 6.07) is 18.3. The summed E-state index contributed by atoms with van der Waals surface area (Å²) in [6.07, 6.45) is -0.140. The second kappa shape index (κ2) is 16.2. The summed E-state index contributed by atoms with van der Waals surface area (Å²) >= 11 is 0. The van der Waals surface area contributed by atoms with Crippen LogP contribution >= 0.6 is 0 Å². The van der Waals surface area contributed by atoms with Gasteiger partial charge in [-0.15, -0.1) is 0 Å². The Hall–Kier alpha value is -4.02. The molecule has 0 saturated carbocycles. The molecule has 1 atom stereocenters. The van der Waals surface area contributed by atoms with E-state index in [4.69, 9.17) is 14.2 Å². The number of nitrogens with one attached hydrogen (secondary N) is 1. The van der Waals surface area contributed by atoms with Gasteiger partial charge >= 0.3 is 12.0 Å². The van der Waals surface area contributed by atoms with Crippen LogP contribution in [-0.2, 0) is 27.3 Å². The normalized spacial score (nSPS) is 11.6. The van der Waals surface area contributed by atoms with E-state index in [1.165, 1.54) is 30.3 Å². The van der Waals surface area contributed by atoms with Gasteiger partial charge in [-0.2, -0.15) is 0 Å². The third-order valence-electron chi connectivity index (χ3n) is 5.88. The van der Waals surface area contributed by atoms with E-state index in [0.717, 1.165) is 11.1 Å². The summed E-state index contributed by atoms with van der Waals surface area (Å²) in [5, 5.41) is 12.0. The predicted molar refractivity (Wildman–Crippen MR) is 146 cm³/mol. The first-order chi connectivity index (χ1) is 19.3. The number of nitrogens with zero attached hydrogens (tertiary/aromatic N) is 1. The highest BCUT2D eigenvalue weighted by atomic mass is 19.1. The standard InChI is InChI=1S/C30H34F2N2O6/c1-2-39-28(29(35)36)19-22-9-13-27(14-10-22)40-18-16-34(30(37)33-26-6-3-5-25(32)20-26)15-4-17-38-21-23-7-11-24(31)12-8-23/h3,5-14,20,28H,2,4,15-19,21H2,1H3,(H,33,37)(H,35,36). The van der Waals surface area contributed by atoms with Crippen molar-refractivity contribution in [3.63, 3.8) is 0 Å². The molecule has 3 aromatic carbocycles. The molecule has 0 spiro atoms. The van der Waals surface area contributed by atoms with Crippen molar-refractivity contribution in [2.24, 2.45) is 0 Å². The number of ether oxygens (including phenoxy) is 3. The molecule has 0 heterocycles. The number of anilines is 1. The van der Waals surface area contributed by atoms with Crippen molar-refractivity contribution >= 4 is 17.7 Å². The first kappa shape index (κ1) is 30.5. The highest BCUT2D eigenvalue weighted by Gasteiger charge is 2.18. The number of hydrogen-bond donors (Lipinski definition) is 2. The summed E-state index contributed by atoms with van der Waals surface area (Å²) in [5.41, 5.74) is 1.98. The van der Waals surface area contributed by atoms with Crippen LogP contribution in [0.4, 0.5) is 19.3 Å². The number of carboxylic acids is 1. The molecule has 0 aliphatic rings. The van der Waals surface area contributed by atoms with Gasteiger partial charge in [0.15, 0.2) is 6.10 Å². The Morgan fingerprint density at radius 2 is 1.65 bits per heavy atom. The Bertz CT molecular complexity index is 1210. The minimum Gasteiger partial charge on any atom is -0.492 e. The average Bonchev–Trinajstić information content (AvgIpc) is 2.93. The van der Waals surface area contributed by atoms with Crippen LogP contribution in [-0.4, -0.2) is 61.0 Å². The molecule has 0 aliphatic heterocycles. The van der Waals surface area contributed by atoms with Gasteiger partial charge in [0.2, 0.25) is 0 Å². The molecule has 0 fully saturated rings. The van der Waals surface area contributed by atoms with Crippen LogP contribution in [0.5, 0.6) is 5.75 Å². The molecule has 10 heteroatoms. The van der Waals surface area contributed by atoms with Crippen molar-refractivity contribution in [3.05, 3.63) is 95.6 Å². The van der Waals surface area contributed by atoms with Crippen molar-refractivity contribution < 1.29 is 37.7 Å². The maximum Gasteiger partial charge on any atom is 0.333 e. The summed E-state index contributed by atoms with van der Waals surface area (Å²) in [5.74, 6) is -1.21. The SMILES string of the molecule is CCOC(Cc1ccc(OCCN(CCCOCc2ccc(F)cc2)C(=O)Nc2cccc(F)c2)cc1)C(=O)O. The van der Waals surface area contributed by atoms with E-state index >= 15 is 0 Å². The second-order valence-corrected chi connectivity index (χ2v) is 8.94. The number of halogens is 2. The maximum atomic E-state index is 13.6. The second-order valence-electron chi connectivity index (χ2n) is 8.94. The summed E-state index contributed by atoms with van der Waals surface area (Å²) in [6.45, 7) is 3.57. The fourth-order valence-corrected chi connectivity index (χ4v) is 3.84. The number of benzene rings is 3. The molecule has 8 nitrogen and oxygen atoms in total. The van der Waals surface area contributed by atoms with Crippen molar-refractivity contribution in [1.29, 1.82) is 0 Å². The molecule has 0 bridgehead atoms. The molecule has 2 amide bonds. The molecular formula is C30H34F2N2O6. The third kappa shape index (κ3) is 10.6. The lowest BCUT2D eigenvalue weighted by Gasteiger charge is -2.23. The van der Waals surface area contributed by atoms with Gasteiger partial charge in [0.1, 0.15) is 24.0 Å². The number of carbonyl (C=O) groups excluding carboxylic acids is 1. The Balaban J connectivity index is 1.51. The van der Waals surface area contributed by atoms with Crippen LogP contribution < -0.4 is 10.1 Å². The van der Waals surface area contributed by atoms with Gasteiger partial charge in [-0.1, -0.05) is 30.3 Å². The van der Waals surface area contributed by atoms with E-state index in [-0.39, 0.29) is 25.4 Å². The maximum absolute atomic E-state index is 13.6. The number of aliphatic carboxylic acids is 1. The lowest BCUT2D eigenvalue weighted by molar-refractivity contribution is -0.149. The fourth-order valence-electron chi connectivity index (χ4n) is 3.84. The number of amides is 2.